The van der Waals surface area contributed by atoms with Crippen molar-refractivity contribution >= 4 is 10.8 Å². The van der Waals surface area contributed by atoms with E-state index in [1.54, 1.807) is 6.07 Å². The summed E-state index contributed by atoms with van der Waals surface area (Å²) < 4.78 is 15.2. The topological polar surface area (TPSA) is 0 Å². The van der Waals surface area contributed by atoms with Crippen LogP contribution in [0, 0.1) is 17.7 Å². The van der Waals surface area contributed by atoms with Crippen LogP contribution in [-0.4, -0.2) is 0 Å². The van der Waals surface area contributed by atoms with Crippen molar-refractivity contribution in [2.24, 2.45) is 0 Å². The Bertz CT molecular complexity index is 1270. The van der Waals surface area contributed by atoms with Crippen LogP contribution in [0.2, 0.25) is 0 Å². The van der Waals surface area contributed by atoms with E-state index in [1.807, 2.05) is 30.3 Å². The SMILES string of the molecule is CCCCCCc1ccc(C#Cc2ccc3cc(-c4ccc(CC)cc4)ccc3c2F)cc1. The summed E-state index contributed by atoms with van der Waals surface area (Å²) in [5.41, 5.74) is 6.25. The molecular weight excluding hydrogens is 403 g/mol. The van der Waals surface area contributed by atoms with Crippen LogP contribution in [0.1, 0.15) is 61.8 Å². The van der Waals surface area contributed by atoms with Crippen molar-refractivity contribution in [1.29, 1.82) is 0 Å². The Hall–Kier alpha value is -3.37. The van der Waals surface area contributed by atoms with Gasteiger partial charge in [0.2, 0.25) is 0 Å². The zero-order valence-electron chi connectivity index (χ0n) is 19.6. The Kier molecular flexibility index (Phi) is 7.59. The zero-order valence-corrected chi connectivity index (χ0v) is 19.6. The van der Waals surface area contributed by atoms with Crippen LogP contribution in [0.5, 0.6) is 0 Å². The maximum Gasteiger partial charge on any atom is 0.146 e. The van der Waals surface area contributed by atoms with Gasteiger partial charge in [0.25, 0.3) is 0 Å². The smallest absolute Gasteiger partial charge is 0.146 e. The average Bonchev–Trinajstić information content (AvgIpc) is 2.87. The van der Waals surface area contributed by atoms with Crippen LogP contribution < -0.4 is 0 Å². The quantitative estimate of drug-likeness (QED) is 0.201. The van der Waals surface area contributed by atoms with E-state index in [9.17, 15) is 0 Å². The van der Waals surface area contributed by atoms with Crippen molar-refractivity contribution in [1.82, 2.24) is 0 Å². The monoisotopic (exact) mass is 434 g/mol. The van der Waals surface area contributed by atoms with Gasteiger partial charge in [-0.1, -0.05) is 99.5 Å². The van der Waals surface area contributed by atoms with E-state index >= 15 is 4.39 Å². The summed E-state index contributed by atoms with van der Waals surface area (Å²) in [6, 6.07) is 26.6. The molecule has 0 radical (unpaired) electrons. The molecular formula is C32H31F. The normalized spacial score (nSPS) is 10.8. The lowest BCUT2D eigenvalue weighted by molar-refractivity contribution is 0.636. The predicted octanol–water partition coefficient (Wildman–Crippen LogP) is 8.73. The number of aryl methyl sites for hydroxylation is 2. The largest absolute Gasteiger partial charge is 0.205 e. The third-order valence-corrected chi connectivity index (χ3v) is 6.26. The van der Waals surface area contributed by atoms with Gasteiger partial charge in [-0.15, -0.1) is 0 Å². The molecule has 1 heteroatoms. The van der Waals surface area contributed by atoms with Crippen LogP contribution in [-0.2, 0) is 12.8 Å². The molecule has 0 heterocycles. The van der Waals surface area contributed by atoms with Crippen molar-refractivity contribution in [2.75, 3.05) is 0 Å². The lowest BCUT2D eigenvalue weighted by atomic mass is 9.98. The standard InChI is InChI=1S/C32H31F/c1-3-5-6-7-8-25-9-11-26(12-10-25)15-18-28-19-20-30-23-29(21-22-31(30)32(28)33)27-16-13-24(4-2)14-17-27/h9-14,16-17,19-23H,3-8H2,1-2H3. The van der Waals surface area contributed by atoms with Crippen LogP contribution in [0.3, 0.4) is 0 Å². The van der Waals surface area contributed by atoms with Crippen LogP contribution in [0.25, 0.3) is 21.9 Å². The van der Waals surface area contributed by atoms with Crippen molar-refractivity contribution in [3.63, 3.8) is 0 Å². The van der Waals surface area contributed by atoms with E-state index in [1.165, 1.54) is 36.8 Å². The van der Waals surface area contributed by atoms with Gasteiger partial charge >= 0.3 is 0 Å². The third kappa shape index (κ3) is 5.71. The first kappa shape index (κ1) is 22.8. The van der Waals surface area contributed by atoms with E-state index in [0.29, 0.717) is 10.9 Å². The Morgan fingerprint density at radius 3 is 2.12 bits per heavy atom. The Labute approximate surface area is 197 Å². The molecule has 4 rings (SSSR count). The van der Waals surface area contributed by atoms with Crippen molar-refractivity contribution < 1.29 is 4.39 Å². The summed E-state index contributed by atoms with van der Waals surface area (Å²) in [6.45, 7) is 4.38. The highest BCUT2D eigenvalue weighted by atomic mass is 19.1. The third-order valence-electron chi connectivity index (χ3n) is 6.26. The van der Waals surface area contributed by atoms with E-state index in [2.05, 4.69) is 68.2 Å². The minimum Gasteiger partial charge on any atom is -0.205 e. The fraction of sp³-hybridized carbons (Fsp3) is 0.250. The molecule has 0 unspecified atom stereocenters. The maximum absolute atomic E-state index is 15.2. The van der Waals surface area contributed by atoms with Crippen LogP contribution in [0.15, 0.2) is 78.9 Å². The average molecular weight is 435 g/mol. The fourth-order valence-electron chi connectivity index (χ4n) is 4.15. The summed E-state index contributed by atoms with van der Waals surface area (Å²) in [5, 5.41) is 1.50. The molecule has 0 atom stereocenters. The van der Waals surface area contributed by atoms with Gasteiger partial charge in [-0.2, -0.15) is 0 Å². The molecule has 0 aliphatic heterocycles. The fourth-order valence-corrected chi connectivity index (χ4v) is 4.15. The molecule has 0 fully saturated rings. The van der Waals surface area contributed by atoms with Gasteiger partial charge in [0.1, 0.15) is 5.82 Å². The van der Waals surface area contributed by atoms with E-state index in [-0.39, 0.29) is 5.82 Å². The van der Waals surface area contributed by atoms with Gasteiger partial charge in [-0.3, -0.25) is 0 Å². The number of hydrogen-bond acceptors (Lipinski definition) is 0. The van der Waals surface area contributed by atoms with Gasteiger partial charge < -0.3 is 0 Å². The molecule has 0 N–H and O–H groups in total. The molecule has 0 nitrogen and oxygen atoms in total. The molecule has 0 spiro atoms. The second-order valence-corrected chi connectivity index (χ2v) is 8.67. The Morgan fingerprint density at radius 2 is 1.39 bits per heavy atom. The molecule has 166 valence electrons. The first-order chi connectivity index (χ1) is 16.2. The van der Waals surface area contributed by atoms with Crippen LogP contribution >= 0.6 is 0 Å². The first-order valence-corrected chi connectivity index (χ1v) is 12.1. The highest BCUT2D eigenvalue weighted by molar-refractivity contribution is 5.89. The molecule has 0 amide bonds. The molecule has 0 saturated carbocycles. The van der Waals surface area contributed by atoms with Crippen molar-refractivity contribution in [3.05, 3.63) is 107 Å². The number of rotatable bonds is 7. The molecule has 4 aromatic carbocycles. The van der Waals surface area contributed by atoms with Crippen molar-refractivity contribution in [2.45, 2.75) is 52.4 Å². The second kappa shape index (κ2) is 11.0. The van der Waals surface area contributed by atoms with Crippen LogP contribution in [0.4, 0.5) is 4.39 Å². The predicted molar refractivity (Wildman–Crippen MR) is 139 cm³/mol. The van der Waals surface area contributed by atoms with Gasteiger partial charge in [0.05, 0.1) is 5.56 Å². The summed E-state index contributed by atoms with van der Waals surface area (Å²) in [4.78, 5) is 0. The lowest BCUT2D eigenvalue weighted by Gasteiger charge is -2.07. The zero-order chi connectivity index (χ0) is 23.0. The minimum atomic E-state index is -0.250. The number of unbranched alkanes of at least 4 members (excludes halogenated alkanes) is 3. The summed E-state index contributed by atoms with van der Waals surface area (Å²) in [7, 11) is 0. The van der Waals surface area contributed by atoms with Gasteiger partial charge in [0.15, 0.2) is 0 Å². The van der Waals surface area contributed by atoms with Gasteiger partial charge in [0, 0.05) is 10.9 Å². The van der Waals surface area contributed by atoms with Gasteiger partial charge in [-0.05, 0) is 71.2 Å². The second-order valence-electron chi connectivity index (χ2n) is 8.67. The molecule has 0 aliphatic rings. The number of hydrogen-bond donors (Lipinski definition) is 0. The summed E-state index contributed by atoms with van der Waals surface area (Å²) in [5.74, 6) is 5.91. The summed E-state index contributed by atoms with van der Waals surface area (Å²) in [6.07, 6.45) is 7.20. The molecule has 0 bridgehead atoms. The number of fused-ring (bicyclic) bond motifs is 1. The summed E-state index contributed by atoms with van der Waals surface area (Å²) >= 11 is 0. The number of halogens is 1. The van der Waals surface area contributed by atoms with E-state index < -0.39 is 0 Å². The molecule has 4 aromatic rings. The van der Waals surface area contributed by atoms with Crippen molar-refractivity contribution in [3.8, 4) is 23.0 Å². The maximum atomic E-state index is 15.2. The molecule has 0 aliphatic carbocycles. The lowest BCUT2D eigenvalue weighted by Crippen LogP contribution is -1.89. The molecule has 0 saturated heterocycles. The Morgan fingerprint density at radius 1 is 0.667 bits per heavy atom. The Balaban J connectivity index is 1.51. The number of benzene rings is 4. The highest BCUT2D eigenvalue weighted by Crippen LogP contribution is 2.27. The molecule has 0 aromatic heterocycles. The minimum absolute atomic E-state index is 0.250. The highest BCUT2D eigenvalue weighted by Gasteiger charge is 2.07. The van der Waals surface area contributed by atoms with Gasteiger partial charge in [-0.25, -0.2) is 4.39 Å². The molecule has 33 heavy (non-hydrogen) atoms. The van der Waals surface area contributed by atoms with E-state index in [0.717, 1.165) is 34.9 Å². The van der Waals surface area contributed by atoms with E-state index in [4.69, 9.17) is 0 Å². The first-order valence-electron chi connectivity index (χ1n) is 12.1.